The Bertz CT molecular complexity index is 570. The van der Waals surface area contributed by atoms with Crippen LogP contribution < -0.4 is 10.2 Å². The van der Waals surface area contributed by atoms with E-state index in [-0.39, 0.29) is 11.6 Å². The summed E-state index contributed by atoms with van der Waals surface area (Å²) in [6, 6.07) is 4.87. The van der Waals surface area contributed by atoms with E-state index in [1.165, 1.54) is 17.9 Å². The molecule has 1 aromatic rings. The zero-order valence-electron chi connectivity index (χ0n) is 13.6. The lowest BCUT2D eigenvalue weighted by molar-refractivity contribution is -0.383. The van der Waals surface area contributed by atoms with Crippen LogP contribution in [0.3, 0.4) is 0 Å². The molecular formula is C16H23N3O4. The molecule has 0 saturated carbocycles. The van der Waals surface area contributed by atoms with Crippen LogP contribution in [0.25, 0.3) is 0 Å². The van der Waals surface area contributed by atoms with Crippen molar-refractivity contribution in [3.8, 4) is 0 Å². The number of ether oxygens (including phenoxy) is 1. The topological polar surface area (TPSA) is 84.7 Å². The van der Waals surface area contributed by atoms with Crippen LogP contribution in [0.1, 0.15) is 26.7 Å². The van der Waals surface area contributed by atoms with E-state index in [1.807, 2.05) is 6.92 Å². The maximum atomic E-state index is 11.6. The third-order valence-electron chi connectivity index (χ3n) is 4.11. The smallest absolute Gasteiger partial charge is 0.294 e. The van der Waals surface area contributed by atoms with Crippen molar-refractivity contribution >= 4 is 23.0 Å². The summed E-state index contributed by atoms with van der Waals surface area (Å²) in [5.74, 6) is 0.331. The third kappa shape index (κ3) is 4.41. The van der Waals surface area contributed by atoms with E-state index in [4.69, 9.17) is 4.74 Å². The predicted molar refractivity (Wildman–Crippen MR) is 88.8 cm³/mol. The van der Waals surface area contributed by atoms with Crippen LogP contribution in [0.2, 0.25) is 0 Å². The van der Waals surface area contributed by atoms with Gasteiger partial charge in [0.25, 0.3) is 5.69 Å². The number of hydrogen-bond donors (Lipinski definition) is 1. The van der Waals surface area contributed by atoms with Crippen LogP contribution in [0.4, 0.5) is 17.1 Å². The number of hydrogen-bond acceptors (Lipinski definition) is 5. The molecule has 0 spiro atoms. The second-order valence-electron chi connectivity index (χ2n) is 5.66. The molecule has 1 amide bonds. The Hall–Kier alpha value is -2.15. The molecule has 0 atom stereocenters. The molecular weight excluding hydrogens is 298 g/mol. The molecule has 2 rings (SSSR count). The fourth-order valence-corrected chi connectivity index (χ4v) is 2.78. The van der Waals surface area contributed by atoms with Crippen LogP contribution in [0.15, 0.2) is 18.2 Å². The van der Waals surface area contributed by atoms with Gasteiger partial charge in [-0.3, -0.25) is 14.9 Å². The first-order valence-electron chi connectivity index (χ1n) is 7.91. The quantitative estimate of drug-likeness (QED) is 0.643. The van der Waals surface area contributed by atoms with Crippen molar-refractivity contribution in [3.05, 3.63) is 28.3 Å². The van der Waals surface area contributed by atoms with Crippen molar-refractivity contribution in [1.29, 1.82) is 0 Å². The molecule has 0 unspecified atom stereocenters. The van der Waals surface area contributed by atoms with Crippen molar-refractivity contribution in [2.75, 3.05) is 36.5 Å². The molecule has 7 heteroatoms. The lowest BCUT2D eigenvalue weighted by Gasteiger charge is -2.23. The summed E-state index contributed by atoms with van der Waals surface area (Å²) in [4.78, 5) is 24.0. The van der Waals surface area contributed by atoms with Gasteiger partial charge in [0, 0.05) is 39.3 Å². The Labute approximate surface area is 135 Å². The number of nitrogens with zero attached hydrogens (tertiary/aromatic N) is 2. The van der Waals surface area contributed by atoms with E-state index < -0.39 is 4.92 Å². The molecule has 23 heavy (non-hydrogen) atoms. The van der Waals surface area contributed by atoms with E-state index in [2.05, 4.69) is 5.32 Å². The first-order chi connectivity index (χ1) is 11.0. The number of carbonyl (C=O) groups is 1. The van der Waals surface area contributed by atoms with Gasteiger partial charge in [-0.05, 0) is 37.8 Å². The normalized spacial score (nSPS) is 15.2. The fourth-order valence-electron chi connectivity index (χ4n) is 2.78. The van der Waals surface area contributed by atoms with Crippen molar-refractivity contribution in [2.24, 2.45) is 5.92 Å². The number of amides is 1. The number of nitro benzene ring substituents is 1. The van der Waals surface area contributed by atoms with Gasteiger partial charge in [0.2, 0.25) is 5.91 Å². The minimum absolute atomic E-state index is 0.00532. The summed E-state index contributed by atoms with van der Waals surface area (Å²) in [7, 11) is 0. The molecule has 1 aliphatic heterocycles. The molecule has 126 valence electrons. The van der Waals surface area contributed by atoms with Gasteiger partial charge in [0.05, 0.1) is 10.6 Å². The van der Waals surface area contributed by atoms with Crippen LogP contribution in [-0.4, -0.2) is 37.1 Å². The lowest BCUT2D eigenvalue weighted by atomic mass is 10.0. The van der Waals surface area contributed by atoms with Gasteiger partial charge < -0.3 is 15.0 Å². The van der Waals surface area contributed by atoms with Gasteiger partial charge >= 0.3 is 0 Å². The van der Waals surface area contributed by atoms with Crippen molar-refractivity contribution in [1.82, 2.24) is 0 Å². The van der Waals surface area contributed by atoms with Gasteiger partial charge in [0.1, 0.15) is 5.69 Å². The number of rotatable bonds is 6. The molecule has 7 nitrogen and oxygen atoms in total. The number of nitrogens with one attached hydrogen (secondary N) is 1. The Balaban J connectivity index is 2.15. The van der Waals surface area contributed by atoms with Crippen LogP contribution in [-0.2, 0) is 9.53 Å². The lowest BCUT2D eigenvalue weighted by Crippen LogP contribution is -2.28. The molecule has 0 aliphatic carbocycles. The van der Waals surface area contributed by atoms with E-state index >= 15 is 0 Å². The highest BCUT2D eigenvalue weighted by Crippen LogP contribution is 2.30. The molecule has 1 fully saturated rings. The maximum absolute atomic E-state index is 11.6. The Morgan fingerprint density at radius 2 is 2.13 bits per heavy atom. The fraction of sp³-hybridized carbons (Fsp3) is 0.562. The van der Waals surface area contributed by atoms with Gasteiger partial charge in [0.15, 0.2) is 0 Å². The van der Waals surface area contributed by atoms with Gasteiger partial charge in [-0.1, -0.05) is 0 Å². The monoisotopic (exact) mass is 321 g/mol. The third-order valence-corrected chi connectivity index (χ3v) is 4.11. The summed E-state index contributed by atoms with van der Waals surface area (Å²) in [5, 5.41) is 14.5. The highest BCUT2D eigenvalue weighted by Gasteiger charge is 2.20. The van der Waals surface area contributed by atoms with Gasteiger partial charge in [-0.2, -0.15) is 0 Å². The van der Waals surface area contributed by atoms with Crippen molar-refractivity contribution in [3.63, 3.8) is 0 Å². The average Bonchev–Trinajstić information content (AvgIpc) is 2.54. The van der Waals surface area contributed by atoms with Gasteiger partial charge in [-0.25, -0.2) is 0 Å². The minimum atomic E-state index is -0.413. The SMILES string of the molecule is CCN(C(C)=O)c1ccc(NCC2CCOCC2)c([N+](=O)[O-])c1. The average molecular weight is 321 g/mol. The Morgan fingerprint density at radius 1 is 1.43 bits per heavy atom. The first-order valence-corrected chi connectivity index (χ1v) is 7.91. The highest BCUT2D eigenvalue weighted by atomic mass is 16.6. The molecule has 1 heterocycles. The second kappa shape index (κ2) is 7.92. The molecule has 1 N–H and O–H groups in total. The predicted octanol–water partition coefficient (Wildman–Crippen LogP) is 2.81. The summed E-state index contributed by atoms with van der Waals surface area (Å²) in [5.41, 5.74) is 1.03. The Morgan fingerprint density at radius 3 is 2.70 bits per heavy atom. The van der Waals surface area contributed by atoms with Crippen molar-refractivity contribution in [2.45, 2.75) is 26.7 Å². The van der Waals surface area contributed by atoms with E-state index in [0.717, 1.165) is 26.1 Å². The summed E-state index contributed by atoms with van der Waals surface area (Å²) in [6.07, 6.45) is 1.93. The molecule has 0 aromatic heterocycles. The van der Waals surface area contributed by atoms with Crippen molar-refractivity contribution < 1.29 is 14.5 Å². The number of nitro groups is 1. The summed E-state index contributed by atoms with van der Waals surface area (Å²) < 4.78 is 5.32. The van der Waals surface area contributed by atoms with Crippen LogP contribution >= 0.6 is 0 Å². The van der Waals surface area contributed by atoms with E-state index in [1.54, 1.807) is 12.1 Å². The minimum Gasteiger partial charge on any atom is -0.381 e. The zero-order chi connectivity index (χ0) is 16.8. The van der Waals surface area contributed by atoms with Crippen LogP contribution in [0.5, 0.6) is 0 Å². The number of anilines is 2. The molecule has 0 radical (unpaired) electrons. The van der Waals surface area contributed by atoms with E-state index in [9.17, 15) is 14.9 Å². The first kappa shape index (κ1) is 17.2. The summed E-state index contributed by atoms with van der Waals surface area (Å²) in [6.45, 7) is 5.95. The largest absolute Gasteiger partial charge is 0.381 e. The number of carbonyl (C=O) groups excluding carboxylic acids is 1. The molecule has 1 saturated heterocycles. The molecule has 1 aromatic carbocycles. The molecule has 1 aliphatic rings. The number of benzene rings is 1. The summed E-state index contributed by atoms with van der Waals surface area (Å²) >= 11 is 0. The zero-order valence-corrected chi connectivity index (χ0v) is 13.6. The highest BCUT2D eigenvalue weighted by molar-refractivity contribution is 5.92. The standard InChI is InChI=1S/C16H23N3O4/c1-3-18(12(2)20)14-4-5-15(16(10-14)19(21)22)17-11-13-6-8-23-9-7-13/h4-5,10,13,17H,3,6-9,11H2,1-2H3. The van der Waals surface area contributed by atoms with E-state index in [0.29, 0.717) is 30.4 Å². The second-order valence-corrected chi connectivity index (χ2v) is 5.66. The van der Waals surface area contributed by atoms with Gasteiger partial charge in [-0.15, -0.1) is 0 Å². The Kier molecular flexibility index (Phi) is 5.92. The molecule has 0 bridgehead atoms. The van der Waals surface area contributed by atoms with Crippen LogP contribution in [0, 0.1) is 16.0 Å². The maximum Gasteiger partial charge on any atom is 0.294 e.